The summed E-state index contributed by atoms with van der Waals surface area (Å²) < 4.78 is 1.85. The second-order valence-corrected chi connectivity index (χ2v) is 7.68. The largest absolute Gasteiger partial charge is 0.336 e. The van der Waals surface area contributed by atoms with Gasteiger partial charge < -0.3 is 4.57 Å². The van der Waals surface area contributed by atoms with Gasteiger partial charge in [0, 0.05) is 30.5 Å². The summed E-state index contributed by atoms with van der Waals surface area (Å²) in [5, 5.41) is 11.9. The van der Waals surface area contributed by atoms with E-state index in [2.05, 4.69) is 4.98 Å². The molecule has 2 amide bonds. The number of nitro groups is 1. The molecular formula is C21H18ClN5O4. The molecule has 0 spiro atoms. The lowest BCUT2D eigenvalue weighted by atomic mass is 10.1. The minimum atomic E-state index is -0.686. The Balaban J connectivity index is 1.69. The Bertz CT molecular complexity index is 1190. The molecule has 9 nitrogen and oxygen atoms in total. The van der Waals surface area contributed by atoms with Crippen molar-refractivity contribution in [2.75, 3.05) is 13.7 Å². The van der Waals surface area contributed by atoms with Crippen molar-refractivity contribution in [1.82, 2.24) is 19.4 Å². The van der Waals surface area contributed by atoms with Crippen LogP contribution in [0.25, 0.3) is 0 Å². The number of hydrogen-bond acceptors (Lipinski definition) is 6. The van der Waals surface area contributed by atoms with Crippen molar-refractivity contribution in [3.8, 4) is 0 Å². The second kappa shape index (κ2) is 7.93. The van der Waals surface area contributed by atoms with Crippen molar-refractivity contribution in [3.05, 3.63) is 92.5 Å². The number of carbonyl (C=O) groups is 2. The molecule has 31 heavy (non-hydrogen) atoms. The highest BCUT2D eigenvalue weighted by atomic mass is 35.5. The fourth-order valence-corrected chi connectivity index (χ4v) is 3.91. The summed E-state index contributed by atoms with van der Waals surface area (Å²) in [5.74, 6) is -0.550. The average Bonchev–Trinajstić information content (AvgIpc) is 3.26. The van der Waals surface area contributed by atoms with Gasteiger partial charge in [-0.3, -0.25) is 29.5 Å². The Morgan fingerprint density at radius 3 is 2.48 bits per heavy atom. The molecule has 1 aliphatic rings. The van der Waals surface area contributed by atoms with Gasteiger partial charge in [-0.15, -0.1) is 0 Å². The van der Waals surface area contributed by atoms with Crippen LogP contribution in [0, 0.1) is 10.1 Å². The van der Waals surface area contributed by atoms with Crippen LogP contribution >= 0.6 is 11.6 Å². The van der Waals surface area contributed by atoms with Gasteiger partial charge in [-0.2, -0.15) is 0 Å². The third kappa shape index (κ3) is 3.58. The first-order chi connectivity index (χ1) is 14.8. The molecule has 0 N–H and O–H groups in total. The number of benzene rings is 2. The first kappa shape index (κ1) is 20.7. The second-order valence-electron chi connectivity index (χ2n) is 7.24. The molecule has 2 aromatic carbocycles. The fourth-order valence-electron chi connectivity index (χ4n) is 3.79. The summed E-state index contributed by atoms with van der Waals surface area (Å²) in [6.07, 6.45) is 3.47. The SMILES string of the molecule is CN(CN1C(=O)c2cccc([N+](=O)[O-])c2C1=O)C(c1ccc(Cl)cc1)c1nccn1C. The summed E-state index contributed by atoms with van der Waals surface area (Å²) >= 11 is 6.03. The van der Waals surface area contributed by atoms with E-state index in [4.69, 9.17) is 11.6 Å². The van der Waals surface area contributed by atoms with Crippen LogP contribution < -0.4 is 0 Å². The Morgan fingerprint density at radius 2 is 1.87 bits per heavy atom. The number of fused-ring (bicyclic) bond motifs is 1. The number of aromatic nitrogens is 2. The molecule has 0 fully saturated rings. The molecule has 1 unspecified atom stereocenters. The number of nitrogens with zero attached hydrogens (tertiary/aromatic N) is 5. The number of imide groups is 1. The minimum absolute atomic E-state index is 0.0348. The van der Waals surface area contributed by atoms with Crippen LogP contribution in [-0.4, -0.2) is 49.8 Å². The highest BCUT2D eigenvalue weighted by Gasteiger charge is 2.42. The summed E-state index contributed by atoms with van der Waals surface area (Å²) in [6, 6.07) is 10.9. The van der Waals surface area contributed by atoms with Gasteiger partial charge in [-0.25, -0.2) is 4.98 Å². The number of rotatable bonds is 6. The van der Waals surface area contributed by atoms with Gasteiger partial charge in [0.25, 0.3) is 17.5 Å². The van der Waals surface area contributed by atoms with Crippen LogP contribution in [0.3, 0.4) is 0 Å². The van der Waals surface area contributed by atoms with Crippen LogP contribution in [0.1, 0.15) is 38.1 Å². The maximum Gasteiger partial charge on any atom is 0.282 e. The summed E-state index contributed by atoms with van der Waals surface area (Å²) in [7, 11) is 3.61. The third-order valence-corrected chi connectivity index (χ3v) is 5.52. The van der Waals surface area contributed by atoms with Gasteiger partial charge in [0.05, 0.1) is 23.2 Å². The van der Waals surface area contributed by atoms with Crippen molar-refractivity contribution in [2.24, 2.45) is 7.05 Å². The van der Waals surface area contributed by atoms with E-state index in [1.54, 1.807) is 36.5 Å². The molecule has 1 atom stereocenters. The van der Waals surface area contributed by atoms with E-state index in [9.17, 15) is 19.7 Å². The van der Waals surface area contributed by atoms with Gasteiger partial charge >= 0.3 is 0 Å². The third-order valence-electron chi connectivity index (χ3n) is 5.27. The van der Waals surface area contributed by atoms with E-state index in [0.717, 1.165) is 10.5 Å². The number of amides is 2. The number of aryl methyl sites for hydroxylation is 1. The first-order valence-electron chi connectivity index (χ1n) is 9.36. The lowest BCUT2D eigenvalue weighted by Gasteiger charge is -2.30. The van der Waals surface area contributed by atoms with Crippen molar-refractivity contribution in [1.29, 1.82) is 0 Å². The van der Waals surface area contributed by atoms with Crippen LogP contribution in [0.2, 0.25) is 5.02 Å². The first-order valence-corrected chi connectivity index (χ1v) is 9.74. The fraction of sp³-hybridized carbons (Fsp3) is 0.190. The monoisotopic (exact) mass is 439 g/mol. The highest BCUT2D eigenvalue weighted by Crippen LogP contribution is 2.33. The number of imidazole rings is 1. The zero-order chi connectivity index (χ0) is 22.3. The van der Waals surface area contributed by atoms with E-state index in [0.29, 0.717) is 10.8 Å². The van der Waals surface area contributed by atoms with Crippen LogP contribution in [0.15, 0.2) is 54.9 Å². The van der Waals surface area contributed by atoms with Gasteiger partial charge in [-0.1, -0.05) is 29.8 Å². The Kier molecular flexibility index (Phi) is 5.30. The average molecular weight is 440 g/mol. The quantitative estimate of drug-likeness (QED) is 0.332. The van der Waals surface area contributed by atoms with E-state index < -0.39 is 22.8 Å². The normalized spacial score (nSPS) is 14.3. The lowest BCUT2D eigenvalue weighted by Crippen LogP contribution is -2.41. The number of hydrogen-bond donors (Lipinski definition) is 0. The van der Waals surface area contributed by atoms with Crippen LogP contribution in [-0.2, 0) is 7.05 Å². The molecule has 3 aromatic rings. The van der Waals surface area contributed by atoms with Crippen molar-refractivity contribution >= 4 is 29.1 Å². The molecule has 0 bridgehead atoms. The molecule has 4 rings (SSSR count). The number of carbonyl (C=O) groups excluding carboxylic acids is 2. The van der Waals surface area contributed by atoms with Crippen LogP contribution in [0.4, 0.5) is 5.69 Å². The summed E-state index contributed by atoms with van der Waals surface area (Å²) in [4.78, 5) is 43.8. The van der Waals surface area contributed by atoms with Gasteiger partial charge in [-0.05, 0) is 30.8 Å². The number of halogens is 1. The van der Waals surface area contributed by atoms with Gasteiger partial charge in [0.1, 0.15) is 11.4 Å². The Labute approximate surface area is 182 Å². The Morgan fingerprint density at radius 1 is 1.16 bits per heavy atom. The molecular weight excluding hydrogens is 422 g/mol. The van der Waals surface area contributed by atoms with E-state index in [1.165, 1.54) is 18.2 Å². The molecule has 1 aliphatic heterocycles. The maximum absolute atomic E-state index is 13.0. The highest BCUT2D eigenvalue weighted by molar-refractivity contribution is 6.30. The van der Waals surface area contributed by atoms with E-state index in [1.807, 2.05) is 23.7 Å². The van der Waals surface area contributed by atoms with Crippen LogP contribution in [0.5, 0.6) is 0 Å². The smallest absolute Gasteiger partial charge is 0.282 e. The maximum atomic E-state index is 13.0. The number of nitro benzene ring substituents is 1. The summed E-state index contributed by atoms with van der Waals surface area (Å²) in [6.45, 7) is -0.0797. The van der Waals surface area contributed by atoms with E-state index >= 15 is 0 Å². The lowest BCUT2D eigenvalue weighted by molar-refractivity contribution is -0.385. The minimum Gasteiger partial charge on any atom is -0.336 e. The zero-order valence-electron chi connectivity index (χ0n) is 16.7. The molecule has 0 radical (unpaired) electrons. The van der Waals surface area contributed by atoms with Crippen molar-refractivity contribution in [3.63, 3.8) is 0 Å². The molecule has 0 saturated carbocycles. The van der Waals surface area contributed by atoms with Gasteiger partial charge in [0.2, 0.25) is 0 Å². The molecule has 1 aromatic heterocycles. The molecule has 158 valence electrons. The van der Waals surface area contributed by atoms with Gasteiger partial charge in [0.15, 0.2) is 0 Å². The van der Waals surface area contributed by atoms with Crippen molar-refractivity contribution < 1.29 is 14.5 Å². The molecule has 0 saturated heterocycles. The van der Waals surface area contributed by atoms with E-state index in [-0.39, 0.29) is 23.5 Å². The predicted molar refractivity (Wildman–Crippen MR) is 113 cm³/mol. The summed E-state index contributed by atoms with van der Waals surface area (Å²) in [5.41, 5.74) is 0.349. The predicted octanol–water partition coefficient (Wildman–Crippen LogP) is 3.26. The van der Waals surface area contributed by atoms with Crippen molar-refractivity contribution in [2.45, 2.75) is 6.04 Å². The topological polar surface area (TPSA) is 102 Å². The zero-order valence-corrected chi connectivity index (χ0v) is 17.5. The molecule has 0 aliphatic carbocycles. The molecule has 2 heterocycles. The standard InChI is InChI=1S/C21H18ClN5O4/c1-24-11-10-23-19(24)18(13-6-8-14(22)9-7-13)25(2)12-26-20(28)15-4-3-5-16(27(30)31)17(15)21(26)29/h3-11,18H,12H2,1-2H3. The molecule has 10 heteroatoms. The Hall–Kier alpha value is -3.56.